The molecule has 148 valence electrons. The van der Waals surface area contributed by atoms with Gasteiger partial charge in [0.25, 0.3) is 5.56 Å². The van der Waals surface area contributed by atoms with E-state index in [-0.39, 0.29) is 28.1 Å². The van der Waals surface area contributed by atoms with Gasteiger partial charge in [-0.1, -0.05) is 37.0 Å². The summed E-state index contributed by atoms with van der Waals surface area (Å²) in [6.07, 6.45) is -1.55. The van der Waals surface area contributed by atoms with Gasteiger partial charge in [0.15, 0.2) is 11.6 Å². The van der Waals surface area contributed by atoms with E-state index in [1.54, 1.807) is 6.07 Å². The van der Waals surface area contributed by atoms with Crippen molar-refractivity contribution >= 4 is 35.0 Å². The molecule has 1 aromatic carbocycles. The van der Waals surface area contributed by atoms with Crippen LogP contribution in [0, 0.1) is 17.1 Å². The lowest BCUT2D eigenvalue weighted by Crippen LogP contribution is -2.30. The van der Waals surface area contributed by atoms with E-state index in [0.717, 1.165) is 10.7 Å². The number of hydrogen-bond acceptors (Lipinski definition) is 5. The van der Waals surface area contributed by atoms with Crippen molar-refractivity contribution in [3.8, 4) is 17.7 Å². The van der Waals surface area contributed by atoms with E-state index in [0.29, 0.717) is 10.5 Å². The Bertz CT molecular complexity index is 1030. The molecule has 11 heteroatoms. The van der Waals surface area contributed by atoms with Crippen LogP contribution in [0.5, 0.6) is 11.6 Å². The summed E-state index contributed by atoms with van der Waals surface area (Å²) in [5, 5.41) is 21.0. The fourth-order valence-electron chi connectivity index (χ4n) is 2.35. The minimum Gasteiger partial charge on any atom is -0.465 e. The monoisotopic (exact) mass is 428 g/mol. The molecule has 0 radical (unpaired) electrons. The summed E-state index contributed by atoms with van der Waals surface area (Å²) in [4.78, 5) is 23.8. The van der Waals surface area contributed by atoms with Gasteiger partial charge in [0, 0.05) is 18.7 Å². The number of amides is 1. The van der Waals surface area contributed by atoms with Gasteiger partial charge in [-0.15, -0.1) is 5.10 Å². The van der Waals surface area contributed by atoms with Crippen molar-refractivity contribution < 1.29 is 19.0 Å². The molecule has 1 amide bonds. The van der Waals surface area contributed by atoms with Crippen LogP contribution in [0.3, 0.4) is 0 Å². The number of ether oxygens (including phenoxy) is 1. The van der Waals surface area contributed by atoms with Crippen LogP contribution in [-0.4, -0.2) is 27.5 Å². The number of nitriles is 1. The minimum atomic E-state index is -1.55. The fraction of sp³-hybridized carbons (Fsp3) is 0.294. The highest BCUT2D eigenvalue weighted by atomic mass is 35.5. The maximum absolute atomic E-state index is 14.7. The zero-order valence-electron chi connectivity index (χ0n) is 15.0. The zero-order chi connectivity index (χ0) is 21.2. The van der Waals surface area contributed by atoms with Gasteiger partial charge in [-0.3, -0.25) is 9.69 Å². The van der Waals surface area contributed by atoms with Crippen molar-refractivity contribution in [3.63, 3.8) is 0 Å². The number of halogens is 3. The van der Waals surface area contributed by atoms with Crippen LogP contribution in [-0.2, 0) is 7.05 Å². The standard InChI is InChI=1S/C17H15Cl2FN4O4/c1-8(2)9-6-12(22-23(3)16(9)25)28-15-10(18)7-11(14(20)13(15)19)24(5-4-21)17(26)27/h6-8H,5H2,1-3H3,(H,26,27). The average molecular weight is 429 g/mol. The van der Waals surface area contributed by atoms with E-state index >= 15 is 0 Å². The number of anilines is 1. The topological polar surface area (TPSA) is 108 Å². The Hall–Kier alpha value is -2.83. The van der Waals surface area contributed by atoms with Gasteiger partial charge in [-0.25, -0.2) is 13.9 Å². The van der Waals surface area contributed by atoms with Gasteiger partial charge >= 0.3 is 6.09 Å². The van der Waals surface area contributed by atoms with Crippen LogP contribution in [0.15, 0.2) is 16.9 Å². The first-order chi connectivity index (χ1) is 13.1. The molecule has 0 spiro atoms. The first kappa shape index (κ1) is 21.5. The largest absolute Gasteiger partial charge is 0.465 e. The van der Waals surface area contributed by atoms with Crippen molar-refractivity contribution in [2.75, 3.05) is 11.4 Å². The Labute approximate surface area is 169 Å². The lowest BCUT2D eigenvalue weighted by atomic mass is 10.1. The molecule has 0 bridgehead atoms. The molecule has 0 atom stereocenters. The predicted molar refractivity (Wildman–Crippen MR) is 101 cm³/mol. The van der Waals surface area contributed by atoms with Gasteiger partial charge in [0.2, 0.25) is 5.88 Å². The molecule has 1 aromatic heterocycles. The Kier molecular flexibility index (Phi) is 6.48. The number of carbonyl (C=O) groups is 1. The van der Waals surface area contributed by atoms with Crippen molar-refractivity contribution in [1.82, 2.24) is 9.78 Å². The van der Waals surface area contributed by atoms with Crippen LogP contribution in [0.4, 0.5) is 14.9 Å². The van der Waals surface area contributed by atoms with E-state index in [9.17, 15) is 14.0 Å². The summed E-state index contributed by atoms with van der Waals surface area (Å²) in [6.45, 7) is 2.99. The highest BCUT2D eigenvalue weighted by Gasteiger charge is 2.25. The Morgan fingerprint density at radius 2 is 2.11 bits per heavy atom. The van der Waals surface area contributed by atoms with E-state index in [4.69, 9.17) is 38.3 Å². The van der Waals surface area contributed by atoms with Gasteiger partial charge < -0.3 is 9.84 Å². The third-order valence-corrected chi connectivity index (χ3v) is 4.36. The number of hydrogen-bond donors (Lipinski definition) is 1. The van der Waals surface area contributed by atoms with E-state index in [1.807, 2.05) is 13.8 Å². The quantitative estimate of drug-likeness (QED) is 0.565. The van der Waals surface area contributed by atoms with Crippen molar-refractivity contribution in [2.24, 2.45) is 7.05 Å². The molecule has 0 unspecified atom stereocenters. The van der Waals surface area contributed by atoms with E-state index in [2.05, 4.69) is 5.10 Å². The number of rotatable bonds is 5. The number of aryl methyl sites for hydroxylation is 1. The minimum absolute atomic E-state index is 0.0473. The van der Waals surface area contributed by atoms with Crippen LogP contribution < -0.4 is 15.2 Å². The number of benzene rings is 1. The third-order valence-electron chi connectivity index (χ3n) is 3.74. The van der Waals surface area contributed by atoms with Crippen LogP contribution in [0.1, 0.15) is 25.3 Å². The number of carboxylic acid groups (broad SMARTS) is 1. The molecule has 1 heterocycles. The summed E-state index contributed by atoms with van der Waals surface area (Å²) in [5.41, 5.74) is -0.384. The zero-order valence-corrected chi connectivity index (χ0v) is 16.5. The van der Waals surface area contributed by atoms with Crippen molar-refractivity contribution in [3.05, 3.63) is 43.9 Å². The number of aromatic nitrogens is 2. The fourth-order valence-corrected chi connectivity index (χ4v) is 2.88. The Morgan fingerprint density at radius 1 is 1.46 bits per heavy atom. The van der Waals surface area contributed by atoms with E-state index < -0.39 is 29.2 Å². The van der Waals surface area contributed by atoms with E-state index in [1.165, 1.54) is 13.1 Å². The normalized spacial score (nSPS) is 10.6. The summed E-state index contributed by atoms with van der Waals surface area (Å²) in [6, 6.07) is 3.99. The Morgan fingerprint density at radius 3 is 2.64 bits per heavy atom. The smallest absolute Gasteiger partial charge is 0.412 e. The molecule has 8 nitrogen and oxygen atoms in total. The van der Waals surface area contributed by atoms with Gasteiger partial charge in [0.1, 0.15) is 11.6 Å². The van der Waals surface area contributed by atoms with Crippen LogP contribution in [0.2, 0.25) is 10.0 Å². The third kappa shape index (κ3) is 4.18. The van der Waals surface area contributed by atoms with Crippen molar-refractivity contribution in [2.45, 2.75) is 19.8 Å². The number of nitrogens with zero attached hydrogens (tertiary/aromatic N) is 4. The highest BCUT2D eigenvalue weighted by molar-refractivity contribution is 6.37. The first-order valence-electron chi connectivity index (χ1n) is 7.89. The SMILES string of the molecule is CC(C)c1cc(Oc2c(Cl)cc(N(CC#N)C(=O)O)c(F)c2Cl)nn(C)c1=O. The first-order valence-corrected chi connectivity index (χ1v) is 8.65. The molecule has 1 N–H and O–H groups in total. The molecule has 2 aromatic rings. The molecule has 0 aliphatic carbocycles. The maximum Gasteiger partial charge on any atom is 0.412 e. The molecule has 28 heavy (non-hydrogen) atoms. The van der Waals surface area contributed by atoms with Gasteiger partial charge in [-0.05, 0) is 12.0 Å². The second kappa shape index (κ2) is 8.46. The summed E-state index contributed by atoms with van der Waals surface area (Å²) >= 11 is 12.1. The second-order valence-electron chi connectivity index (χ2n) is 5.98. The molecule has 2 rings (SSSR count). The molecule has 0 saturated carbocycles. The van der Waals surface area contributed by atoms with Gasteiger partial charge in [-0.2, -0.15) is 5.26 Å². The summed E-state index contributed by atoms with van der Waals surface area (Å²) in [5.74, 6) is -1.60. The second-order valence-corrected chi connectivity index (χ2v) is 6.77. The lowest BCUT2D eigenvalue weighted by molar-refractivity contribution is 0.202. The average Bonchev–Trinajstić information content (AvgIpc) is 2.62. The molecule has 0 fully saturated rings. The predicted octanol–water partition coefficient (Wildman–Crippen LogP) is 4.15. The van der Waals surface area contributed by atoms with Crippen LogP contribution >= 0.6 is 23.2 Å². The summed E-state index contributed by atoms with van der Waals surface area (Å²) in [7, 11) is 1.43. The highest BCUT2D eigenvalue weighted by Crippen LogP contribution is 2.42. The molecule has 0 saturated heterocycles. The van der Waals surface area contributed by atoms with Gasteiger partial charge in [0.05, 0.1) is 16.8 Å². The lowest BCUT2D eigenvalue weighted by Gasteiger charge is -2.19. The van der Waals surface area contributed by atoms with Crippen LogP contribution in [0.25, 0.3) is 0 Å². The summed E-state index contributed by atoms with van der Waals surface area (Å²) < 4.78 is 21.2. The molecular weight excluding hydrogens is 414 g/mol. The Balaban J connectivity index is 2.55. The van der Waals surface area contributed by atoms with Crippen molar-refractivity contribution in [1.29, 1.82) is 5.26 Å². The molecular formula is C17H15Cl2FN4O4. The maximum atomic E-state index is 14.7. The molecule has 0 aliphatic heterocycles. The molecule has 0 aliphatic rings.